The van der Waals surface area contributed by atoms with E-state index < -0.39 is 0 Å². The van der Waals surface area contributed by atoms with Crippen LogP contribution in [0.3, 0.4) is 0 Å². The first-order valence-electron chi connectivity index (χ1n) is 7.53. The predicted octanol–water partition coefficient (Wildman–Crippen LogP) is 4.34. The molecule has 0 fully saturated rings. The minimum absolute atomic E-state index is 0.938. The number of hydrogen-bond acceptors (Lipinski definition) is 1. The molecule has 0 bridgehead atoms. The Balaban J connectivity index is 2.09. The molecule has 3 aromatic rings. The molecule has 0 N–H and O–H groups in total. The van der Waals surface area contributed by atoms with E-state index in [-0.39, 0.29) is 0 Å². The lowest BCUT2D eigenvalue weighted by molar-refractivity contribution is 0.415. The van der Waals surface area contributed by atoms with Crippen molar-refractivity contribution in [3.63, 3.8) is 0 Å². The van der Waals surface area contributed by atoms with Crippen LogP contribution in [0.15, 0.2) is 42.5 Å². The number of ether oxygens (including phenoxy) is 1. The fourth-order valence-electron chi connectivity index (χ4n) is 3.65. The van der Waals surface area contributed by atoms with Gasteiger partial charge in [0.25, 0.3) is 0 Å². The summed E-state index contributed by atoms with van der Waals surface area (Å²) in [5, 5.41) is 1.34. The summed E-state index contributed by atoms with van der Waals surface area (Å²) in [4.78, 5) is 0. The van der Waals surface area contributed by atoms with E-state index in [9.17, 15) is 0 Å². The molecule has 0 amide bonds. The van der Waals surface area contributed by atoms with Crippen molar-refractivity contribution in [1.29, 1.82) is 0 Å². The smallest absolute Gasteiger partial charge is 0.119 e. The van der Waals surface area contributed by atoms with E-state index >= 15 is 0 Å². The van der Waals surface area contributed by atoms with Gasteiger partial charge in [0.1, 0.15) is 5.75 Å². The molecule has 1 aliphatic rings. The van der Waals surface area contributed by atoms with Crippen LogP contribution in [-0.2, 0) is 19.9 Å². The van der Waals surface area contributed by atoms with Gasteiger partial charge in [-0.1, -0.05) is 24.3 Å². The van der Waals surface area contributed by atoms with E-state index in [4.69, 9.17) is 4.74 Å². The molecule has 0 saturated heterocycles. The second-order valence-electron chi connectivity index (χ2n) is 5.78. The normalized spacial score (nSPS) is 13.6. The van der Waals surface area contributed by atoms with Crippen LogP contribution in [0.2, 0.25) is 0 Å². The monoisotopic (exact) mass is 277 g/mol. The SMILES string of the molecule is COc1ccc2c(c1)c1c(n2C)-c2ccccc2CCC1. The number of methoxy groups -OCH3 is 1. The molecule has 1 aromatic heterocycles. The number of aromatic nitrogens is 1. The largest absolute Gasteiger partial charge is 0.497 e. The minimum Gasteiger partial charge on any atom is -0.497 e. The Bertz CT molecular complexity index is 829. The van der Waals surface area contributed by atoms with Gasteiger partial charge in [0, 0.05) is 23.5 Å². The number of rotatable bonds is 1. The van der Waals surface area contributed by atoms with Gasteiger partial charge in [0.05, 0.1) is 12.8 Å². The number of aryl methyl sites for hydroxylation is 3. The zero-order valence-corrected chi connectivity index (χ0v) is 12.5. The number of hydrogen-bond donors (Lipinski definition) is 0. The Morgan fingerprint density at radius 1 is 1.05 bits per heavy atom. The molecular formula is C19H19NO. The van der Waals surface area contributed by atoms with E-state index in [0.717, 1.165) is 18.6 Å². The van der Waals surface area contributed by atoms with Gasteiger partial charge in [-0.15, -0.1) is 0 Å². The lowest BCUT2D eigenvalue weighted by Gasteiger charge is -2.09. The maximum Gasteiger partial charge on any atom is 0.119 e. The average molecular weight is 277 g/mol. The average Bonchev–Trinajstić information content (AvgIpc) is 2.69. The van der Waals surface area contributed by atoms with E-state index in [2.05, 4.69) is 48.0 Å². The first-order valence-corrected chi connectivity index (χ1v) is 7.53. The summed E-state index contributed by atoms with van der Waals surface area (Å²) in [6, 6.07) is 15.2. The van der Waals surface area contributed by atoms with E-state index in [1.807, 2.05) is 6.07 Å². The molecule has 0 radical (unpaired) electrons. The highest BCUT2D eigenvalue weighted by Crippen LogP contribution is 2.39. The molecule has 1 heterocycles. The van der Waals surface area contributed by atoms with Gasteiger partial charge in [-0.25, -0.2) is 0 Å². The summed E-state index contributed by atoms with van der Waals surface area (Å²) in [5.41, 5.74) is 7.00. The van der Waals surface area contributed by atoms with Crippen molar-refractivity contribution in [2.24, 2.45) is 7.05 Å². The van der Waals surface area contributed by atoms with Crippen molar-refractivity contribution in [3.05, 3.63) is 53.6 Å². The molecule has 21 heavy (non-hydrogen) atoms. The van der Waals surface area contributed by atoms with Crippen molar-refractivity contribution in [1.82, 2.24) is 4.57 Å². The van der Waals surface area contributed by atoms with E-state index in [1.165, 1.54) is 39.7 Å². The lowest BCUT2D eigenvalue weighted by atomic mass is 10.0. The maximum atomic E-state index is 5.41. The van der Waals surface area contributed by atoms with Crippen LogP contribution in [0.5, 0.6) is 5.75 Å². The second kappa shape index (κ2) is 4.66. The van der Waals surface area contributed by atoms with Crippen molar-refractivity contribution in [2.75, 3.05) is 7.11 Å². The van der Waals surface area contributed by atoms with Crippen molar-refractivity contribution in [2.45, 2.75) is 19.3 Å². The topological polar surface area (TPSA) is 14.2 Å². The van der Waals surface area contributed by atoms with Gasteiger partial charge in [0.15, 0.2) is 0 Å². The Hall–Kier alpha value is -2.22. The van der Waals surface area contributed by atoms with Gasteiger partial charge < -0.3 is 9.30 Å². The second-order valence-corrected chi connectivity index (χ2v) is 5.78. The fraction of sp³-hybridized carbons (Fsp3) is 0.263. The molecule has 0 unspecified atom stereocenters. The highest BCUT2D eigenvalue weighted by molar-refractivity contribution is 5.93. The third kappa shape index (κ3) is 1.79. The van der Waals surface area contributed by atoms with E-state index in [1.54, 1.807) is 7.11 Å². The van der Waals surface area contributed by atoms with E-state index in [0.29, 0.717) is 0 Å². The Kier molecular flexibility index (Phi) is 2.78. The Labute approximate surface area is 125 Å². The molecular weight excluding hydrogens is 258 g/mol. The molecule has 0 aliphatic heterocycles. The summed E-state index contributed by atoms with van der Waals surface area (Å²) < 4.78 is 7.76. The quantitative estimate of drug-likeness (QED) is 0.645. The van der Waals surface area contributed by atoms with Crippen LogP contribution in [0.4, 0.5) is 0 Å². The summed E-state index contributed by atoms with van der Waals surface area (Å²) in [6.07, 6.45) is 3.51. The van der Waals surface area contributed by atoms with Gasteiger partial charge in [-0.3, -0.25) is 0 Å². The third-order valence-corrected chi connectivity index (χ3v) is 4.66. The first kappa shape index (κ1) is 12.5. The summed E-state index contributed by atoms with van der Waals surface area (Å²) in [5.74, 6) is 0.938. The predicted molar refractivity (Wildman–Crippen MR) is 86.9 cm³/mol. The molecule has 0 saturated carbocycles. The van der Waals surface area contributed by atoms with Crippen LogP contribution in [-0.4, -0.2) is 11.7 Å². The molecule has 2 aromatic carbocycles. The zero-order valence-electron chi connectivity index (χ0n) is 12.5. The summed E-state index contributed by atoms with van der Waals surface area (Å²) in [6.45, 7) is 0. The van der Waals surface area contributed by atoms with Gasteiger partial charge >= 0.3 is 0 Å². The highest BCUT2D eigenvalue weighted by atomic mass is 16.5. The number of fused-ring (bicyclic) bond motifs is 5. The minimum atomic E-state index is 0.938. The van der Waals surface area contributed by atoms with Crippen LogP contribution in [0.25, 0.3) is 22.2 Å². The van der Waals surface area contributed by atoms with Crippen LogP contribution in [0, 0.1) is 0 Å². The molecule has 0 atom stereocenters. The van der Waals surface area contributed by atoms with Crippen LogP contribution >= 0.6 is 0 Å². The van der Waals surface area contributed by atoms with Crippen LogP contribution in [0.1, 0.15) is 17.5 Å². The van der Waals surface area contributed by atoms with Gasteiger partial charge in [-0.05, 0) is 48.6 Å². The molecule has 4 rings (SSSR count). The van der Waals surface area contributed by atoms with Crippen molar-refractivity contribution in [3.8, 4) is 17.0 Å². The van der Waals surface area contributed by atoms with Crippen LogP contribution < -0.4 is 4.74 Å². The molecule has 106 valence electrons. The Morgan fingerprint density at radius 2 is 1.90 bits per heavy atom. The van der Waals surface area contributed by atoms with Gasteiger partial charge in [-0.2, -0.15) is 0 Å². The zero-order chi connectivity index (χ0) is 14.4. The molecule has 2 heteroatoms. The maximum absolute atomic E-state index is 5.41. The third-order valence-electron chi connectivity index (χ3n) is 4.66. The first-order chi connectivity index (χ1) is 10.3. The molecule has 1 aliphatic carbocycles. The van der Waals surface area contributed by atoms with Crippen molar-refractivity contribution >= 4 is 10.9 Å². The summed E-state index contributed by atoms with van der Waals surface area (Å²) in [7, 11) is 3.91. The molecule has 2 nitrogen and oxygen atoms in total. The highest BCUT2D eigenvalue weighted by Gasteiger charge is 2.21. The summed E-state index contributed by atoms with van der Waals surface area (Å²) >= 11 is 0. The number of nitrogens with zero attached hydrogens (tertiary/aromatic N) is 1. The Morgan fingerprint density at radius 3 is 2.76 bits per heavy atom. The lowest BCUT2D eigenvalue weighted by Crippen LogP contribution is -1.94. The fourth-order valence-corrected chi connectivity index (χ4v) is 3.65. The van der Waals surface area contributed by atoms with Gasteiger partial charge in [0.2, 0.25) is 0 Å². The molecule has 0 spiro atoms. The number of benzene rings is 2. The van der Waals surface area contributed by atoms with Crippen molar-refractivity contribution < 1.29 is 4.74 Å². The standard InChI is InChI=1S/C19H19NO/c1-20-18-11-10-14(21-2)12-17(18)16-9-5-7-13-6-3-4-8-15(13)19(16)20/h3-4,6,8,10-12H,5,7,9H2,1-2H3.